The number of anilines is 2. The van der Waals surface area contributed by atoms with E-state index in [2.05, 4.69) is 20.8 Å². The first kappa shape index (κ1) is 21.3. The number of ether oxygens (including phenoxy) is 3. The van der Waals surface area contributed by atoms with Crippen LogP contribution in [-0.2, 0) is 6.61 Å². The molecule has 0 aliphatic rings. The zero-order valence-corrected chi connectivity index (χ0v) is 18.2. The lowest BCUT2D eigenvalue weighted by Gasteiger charge is -2.10. The summed E-state index contributed by atoms with van der Waals surface area (Å²) in [6.45, 7) is 0.314. The fraction of sp³-hybridized carbons (Fsp3) is 0.130. The van der Waals surface area contributed by atoms with Crippen LogP contribution in [0.1, 0.15) is 5.56 Å². The van der Waals surface area contributed by atoms with Crippen LogP contribution in [0.4, 0.5) is 16.3 Å². The van der Waals surface area contributed by atoms with Crippen molar-refractivity contribution < 1.29 is 19.0 Å². The normalized spacial score (nSPS) is 10.6. The monoisotopic (exact) mass is 452 g/mol. The quantitative estimate of drug-likeness (QED) is 0.346. The number of hydrogen-bond acceptors (Lipinski definition) is 5. The molecular formula is C23H21ClN4O4. The predicted octanol–water partition coefficient (Wildman–Crippen LogP) is 5.46. The van der Waals surface area contributed by atoms with Crippen LogP contribution in [0.3, 0.4) is 0 Å². The van der Waals surface area contributed by atoms with Gasteiger partial charge in [0.05, 0.1) is 19.7 Å². The minimum Gasteiger partial charge on any atom is -0.497 e. The Morgan fingerprint density at radius 2 is 1.75 bits per heavy atom. The molecule has 8 nitrogen and oxygen atoms in total. The van der Waals surface area contributed by atoms with Gasteiger partial charge in [0.15, 0.2) is 5.82 Å². The number of nitrogens with one attached hydrogen (secondary N) is 3. The number of carbonyl (C=O) groups excluding carboxylic acids is 1. The molecule has 0 saturated heterocycles. The third-order valence-electron chi connectivity index (χ3n) is 4.67. The van der Waals surface area contributed by atoms with Crippen molar-refractivity contribution in [2.75, 3.05) is 24.9 Å². The molecule has 0 fully saturated rings. The van der Waals surface area contributed by atoms with E-state index in [4.69, 9.17) is 25.8 Å². The van der Waals surface area contributed by atoms with Gasteiger partial charge in [-0.25, -0.2) is 4.79 Å². The number of amides is 2. The summed E-state index contributed by atoms with van der Waals surface area (Å²) in [4.78, 5) is 12.4. The fourth-order valence-corrected chi connectivity index (χ4v) is 3.32. The summed E-state index contributed by atoms with van der Waals surface area (Å²) >= 11 is 5.96. The average molecular weight is 453 g/mol. The maximum absolute atomic E-state index is 12.4. The van der Waals surface area contributed by atoms with Crippen LogP contribution in [0.5, 0.6) is 17.2 Å². The number of nitrogens with zero attached hydrogens (tertiary/aromatic N) is 1. The molecule has 0 unspecified atom stereocenters. The molecule has 3 aromatic carbocycles. The summed E-state index contributed by atoms with van der Waals surface area (Å²) in [7, 11) is 3.20. The van der Waals surface area contributed by atoms with Crippen LogP contribution >= 0.6 is 11.6 Å². The molecule has 0 aliphatic carbocycles. The van der Waals surface area contributed by atoms with Gasteiger partial charge >= 0.3 is 6.03 Å². The molecule has 2 amide bonds. The van der Waals surface area contributed by atoms with Gasteiger partial charge in [0.25, 0.3) is 0 Å². The van der Waals surface area contributed by atoms with Gasteiger partial charge < -0.3 is 19.5 Å². The Kier molecular flexibility index (Phi) is 6.32. The molecule has 164 valence electrons. The van der Waals surface area contributed by atoms with Gasteiger partial charge in [0.1, 0.15) is 23.9 Å². The lowest BCUT2D eigenvalue weighted by molar-refractivity contribution is 0.262. The SMILES string of the molecule is COc1cc(COc2ccc3[nH]nc(NC(=O)Nc4cccc(Cl)c4)c3c2)cc(OC)c1. The number of aromatic nitrogens is 2. The maximum Gasteiger partial charge on any atom is 0.324 e. The van der Waals surface area contributed by atoms with Crippen LogP contribution < -0.4 is 24.8 Å². The number of halogens is 1. The number of hydrogen-bond donors (Lipinski definition) is 3. The van der Waals surface area contributed by atoms with Crippen LogP contribution in [-0.4, -0.2) is 30.4 Å². The summed E-state index contributed by atoms with van der Waals surface area (Å²) in [6.07, 6.45) is 0. The highest BCUT2D eigenvalue weighted by atomic mass is 35.5. The van der Waals surface area contributed by atoms with Gasteiger partial charge in [0.2, 0.25) is 0 Å². The molecule has 32 heavy (non-hydrogen) atoms. The Hall–Kier alpha value is -3.91. The van der Waals surface area contributed by atoms with Gasteiger partial charge in [-0.3, -0.25) is 10.4 Å². The largest absolute Gasteiger partial charge is 0.497 e. The molecule has 0 saturated carbocycles. The number of rotatable bonds is 7. The summed E-state index contributed by atoms with van der Waals surface area (Å²) in [6, 6.07) is 17.5. The van der Waals surface area contributed by atoms with Crippen LogP contribution in [0, 0.1) is 0 Å². The van der Waals surface area contributed by atoms with E-state index in [9.17, 15) is 4.79 Å². The molecule has 4 aromatic rings. The highest BCUT2D eigenvalue weighted by Gasteiger charge is 2.11. The summed E-state index contributed by atoms with van der Waals surface area (Å²) < 4.78 is 16.5. The van der Waals surface area contributed by atoms with Crippen molar-refractivity contribution in [3.05, 3.63) is 71.2 Å². The van der Waals surface area contributed by atoms with E-state index in [1.54, 1.807) is 44.6 Å². The molecule has 1 heterocycles. The molecule has 3 N–H and O–H groups in total. The van der Waals surface area contributed by atoms with Crippen LogP contribution in [0.25, 0.3) is 10.9 Å². The number of aromatic amines is 1. The lowest BCUT2D eigenvalue weighted by Crippen LogP contribution is -2.19. The molecule has 0 aliphatic heterocycles. The van der Waals surface area contributed by atoms with Gasteiger partial charge in [-0.05, 0) is 54.1 Å². The van der Waals surface area contributed by atoms with E-state index < -0.39 is 6.03 Å². The first-order valence-corrected chi connectivity index (χ1v) is 10.1. The first-order valence-electron chi connectivity index (χ1n) is 9.70. The van der Waals surface area contributed by atoms with Gasteiger partial charge in [0, 0.05) is 22.2 Å². The van der Waals surface area contributed by atoms with Crippen molar-refractivity contribution >= 4 is 40.0 Å². The van der Waals surface area contributed by atoms with Crippen molar-refractivity contribution in [2.24, 2.45) is 0 Å². The molecule has 0 radical (unpaired) electrons. The second kappa shape index (κ2) is 9.49. The van der Waals surface area contributed by atoms with Gasteiger partial charge in [-0.2, -0.15) is 5.10 Å². The van der Waals surface area contributed by atoms with Crippen molar-refractivity contribution in [3.8, 4) is 17.2 Å². The summed E-state index contributed by atoms with van der Waals surface area (Å²) in [5.74, 6) is 2.38. The van der Waals surface area contributed by atoms with Crippen LogP contribution in [0.2, 0.25) is 5.02 Å². The Balaban J connectivity index is 1.47. The molecule has 9 heteroatoms. The third-order valence-corrected chi connectivity index (χ3v) is 4.90. The summed E-state index contributed by atoms with van der Waals surface area (Å²) in [5, 5.41) is 13.8. The predicted molar refractivity (Wildman–Crippen MR) is 124 cm³/mol. The van der Waals surface area contributed by atoms with Crippen LogP contribution in [0.15, 0.2) is 60.7 Å². The second-order valence-electron chi connectivity index (χ2n) is 6.88. The zero-order chi connectivity index (χ0) is 22.5. The van der Waals surface area contributed by atoms with Crippen molar-refractivity contribution in [3.63, 3.8) is 0 Å². The second-order valence-corrected chi connectivity index (χ2v) is 7.32. The smallest absolute Gasteiger partial charge is 0.324 e. The van der Waals surface area contributed by atoms with Crippen molar-refractivity contribution in [1.29, 1.82) is 0 Å². The third kappa shape index (κ3) is 5.04. The number of methoxy groups -OCH3 is 2. The number of urea groups is 1. The van der Waals surface area contributed by atoms with E-state index in [1.165, 1.54) is 0 Å². The van der Waals surface area contributed by atoms with E-state index in [0.717, 1.165) is 11.1 Å². The Morgan fingerprint density at radius 1 is 0.969 bits per heavy atom. The first-order chi connectivity index (χ1) is 15.5. The van der Waals surface area contributed by atoms with Gasteiger partial charge in [-0.1, -0.05) is 17.7 Å². The number of H-pyrrole nitrogens is 1. The fourth-order valence-electron chi connectivity index (χ4n) is 3.13. The molecular weight excluding hydrogens is 432 g/mol. The molecule has 4 rings (SSSR count). The number of fused-ring (bicyclic) bond motifs is 1. The van der Waals surface area contributed by atoms with E-state index in [0.29, 0.717) is 45.8 Å². The zero-order valence-electron chi connectivity index (χ0n) is 17.4. The topological polar surface area (TPSA) is 97.5 Å². The maximum atomic E-state index is 12.4. The number of carbonyl (C=O) groups is 1. The molecule has 0 spiro atoms. The van der Waals surface area contributed by atoms with Gasteiger partial charge in [-0.15, -0.1) is 0 Å². The molecule has 0 bridgehead atoms. The van der Waals surface area contributed by atoms with E-state index in [1.807, 2.05) is 30.3 Å². The molecule has 1 aromatic heterocycles. The highest BCUT2D eigenvalue weighted by molar-refractivity contribution is 6.30. The Bertz CT molecular complexity index is 1240. The standard InChI is InChI=1S/C23H21ClN4O4/c1-30-18-8-14(9-19(11-18)31-2)13-32-17-6-7-21-20(12-17)22(28-27-21)26-23(29)25-16-5-3-4-15(24)10-16/h3-12H,13H2,1-2H3,(H3,25,26,27,28,29). The minimum atomic E-state index is -0.435. The average Bonchev–Trinajstić information content (AvgIpc) is 3.19. The minimum absolute atomic E-state index is 0.314. The van der Waals surface area contributed by atoms with Crippen molar-refractivity contribution in [2.45, 2.75) is 6.61 Å². The molecule has 0 atom stereocenters. The summed E-state index contributed by atoms with van der Waals surface area (Å²) in [5.41, 5.74) is 2.23. The van der Waals surface area contributed by atoms with Crippen molar-refractivity contribution in [1.82, 2.24) is 10.2 Å². The van der Waals surface area contributed by atoms with E-state index in [-0.39, 0.29) is 0 Å². The Morgan fingerprint density at radius 3 is 2.47 bits per heavy atom. The lowest BCUT2D eigenvalue weighted by atomic mass is 10.2. The number of benzene rings is 3. The van der Waals surface area contributed by atoms with E-state index >= 15 is 0 Å². The Labute approximate surface area is 189 Å². The highest BCUT2D eigenvalue weighted by Crippen LogP contribution is 2.27.